The first kappa shape index (κ1) is 13.3. The van der Waals surface area contributed by atoms with Crippen LogP contribution in [0, 0.1) is 0 Å². The Bertz CT molecular complexity index is 1200. The number of hydrogen-bond donors (Lipinski definition) is 0. The summed E-state index contributed by atoms with van der Waals surface area (Å²) in [6, 6.07) is 5.02. The molecule has 4 heteroatoms. The first-order valence-electron chi connectivity index (χ1n) is 8.70. The lowest BCUT2D eigenvalue weighted by Gasteiger charge is -1.93. The Morgan fingerprint density at radius 1 is 0.542 bits per heavy atom. The lowest BCUT2D eigenvalue weighted by Crippen LogP contribution is -1.69. The lowest BCUT2D eigenvalue weighted by atomic mass is 10.2. The largest absolute Gasteiger partial charge is 0.138 e. The molecule has 0 fully saturated rings. The third-order valence-electron chi connectivity index (χ3n) is 5.74. The molecule has 0 N–H and O–H groups in total. The van der Waals surface area contributed by atoms with E-state index < -0.39 is 0 Å². The number of rotatable bonds is 0. The predicted molar refractivity (Wildman–Crippen MR) is 112 cm³/mol. The predicted octanol–water partition coefficient (Wildman–Crippen LogP) is 7.52. The van der Waals surface area contributed by atoms with E-state index in [0.717, 1.165) is 0 Å². The molecule has 0 unspecified atom stereocenters. The zero-order valence-electron chi connectivity index (χ0n) is 13.0. The second-order valence-electron chi connectivity index (χ2n) is 7.08. The minimum absolute atomic E-state index is 1.30. The van der Waals surface area contributed by atoms with Crippen LogP contribution >= 0.6 is 45.3 Å². The van der Waals surface area contributed by atoms with E-state index in [9.17, 15) is 0 Å². The highest BCUT2D eigenvalue weighted by atomic mass is 32.1. The molecule has 4 heterocycles. The van der Waals surface area contributed by atoms with Crippen LogP contribution < -0.4 is 0 Å². The fourth-order valence-corrected chi connectivity index (χ4v) is 10.5. The number of benzene rings is 1. The van der Waals surface area contributed by atoms with Crippen molar-refractivity contribution in [1.82, 2.24) is 0 Å². The number of fused-ring (bicyclic) bond motifs is 10. The molecule has 24 heavy (non-hydrogen) atoms. The molecule has 0 bridgehead atoms. The monoisotopic (exact) mass is 382 g/mol. The highest BCUT2D eigenvalue weighted by Crippen LogP contribution is 2.50. The molecular formula is C20H14S4. The van der Waals surface area contributed by atoms with Gasteiger partial charge in [-0.25, -0.2) is 0 Å². The number of thiophene rings is 4. The molecule has 2 aliphatic carbocycles. The zero-order chi connectivity index (χ0) is 15.4. The average Bonchev–Trinajstić information content (AvgIpc) is 3.33. The van der Waals surface area contributed by atoms with E-state index in [2.05, 4.69) is 57.5 Å². The highest BCUT2D eigenvalue weighted by molar-refractivity contribution is 7.34. The van der Waals surface area contributed by atoms with E-state index in [4.69, 9.17) is 0 Å². The topological polar surface area (TPSA) is 0 Å². The average molecular weight is 383 g/mol. The molecule has 0 aliphatic heterocycles. The van der Waals surface area contributed by atoms with Crippen LogP contribution in [0.1, 0.15) is 33.7 Å². The summed E-state index contributed by atoms with van der Waals surface area (Å²) in [5, 5.41) is 3.04. The van der Waals surface area contributed by atoms with Crippen molar-refractivity contribution >= 4 is 84.3 Å². The minimum Gasteiger partial charge on any atom is -0.138 e. The van der Waals surface area contributed by atoms with E-state index in [0.29, 0.717) is 0 Å². The smallest absolute Gasteiger partial charge is 0.0535 e. The Hall–Kier alpha value is -0.940. The fourth-order valence-electron chi connectivity index (χ4n) is 4.62. The third kappa shape index (κ3) is 1.50. The Labute approximate surface area is 155 Å². The molecule has 1 aromatic carbocycles. The quantitative estimate of drug-likeness (QED) is 0.260. The SMILES string of the molecule is c1c2sc3c4c(sc3c2cc2sc3c5c(sc3c12)CCC5)CCC4. The van der Waals surface area contributed by atoms with E-state index in [1.54, 1.807) is 39.7 Å². The van der Waals surface area contributed by atoms with Gasteiger partial charge in [0.15, 0.2) is 0 Å². The van der Waals surface area contributed by atoms with Gasteiger partial charge in [-0.15, -0.1) is 45.3 Å². The molecule has 7 rings (SSSR count). The first-order chi connectivity index (χ1) is 11.9. The molecule has 4 aromatic heterocycles. The van der Waals surface area contributed by atoms with Crippen LogP contribution in [0.15, 0.2) is 12.1 Å². The van der Waals surface area contributed by atoms with Gasteiger partial charge in [0.25, 0.3) is 0 Å². The van der Waals surface area contributed by atoms with Crippen LogP contribution in [0.3, 0.4) is 0 Å². The molecule has 2 aliphatic rings. The van der Waals surface area contributed by atoms with Crippen LogP contribution in [0.2, 0.25) is 0 Å². The first-order valence-corrected chi connectivity index (χ1v) is 12.0. The standard InChI is InChI=1S/C20H14S4/c1-3-9-13(5-1)21-19-11-7-16-12(8-15(11)23-17(9)19)20-18(24-16)10-4-2-6-14(10)22-20/h7-8H,1-6H2. The van der Waals surface area contributed by atoms with Gasteiger partial charge in [-0.3, -0.25) is 0 Å². The zero-order valence-corrected chi connectivity index (χ0v) is 16.3. The molecule has 5 aromatic rings. The van der Waals surface area contributed by atoms with Crippen molar-refractivity contribution in [1.29, 1.82) is 0 Å². The molecule has 118 valence electrons. The van der Waals surface area contributed by atoms with E-state index in [1.807, 2.05) is 0 Å². The van der Waals surface area contributed by atoms with Crippen molar-refractivity contribution < 1.29 is 0 Å². The lowest BCUT2D eigenvalue weighted by molar-refractivity contribution is 0.918. The molecule has 0 atom stereocenters. The number of hydrogen-bond acceptors (Lipinski definition) is 4. The van der Waals surface area contributed by atoms with E-state index >= 15 is 0 Å². The van der Waals surface area contributed by atoms with Crippen LogP contribution in [-0.4, -0.2) is 0 Å². The summed E-state index contributed by atoms with van der Waals surface area (Å²) in [5.74, 6) is 0. The summed E-state index contributed by atoms with van der Waals surface area (Å²) in [6.45, 7) is 0. The van der Waals surface area contributed by atoms with Crippen LogP contribution in [0.4, 0.5) is 0 Å². The number of aryl methyl sites for hydroxylation is 4. The van der Waals surface area contributed by atoms with Crippen molar-refractivity contribution in [2.24, 2.45) is 0 Å². The van der Waals surface area contributed by atoms with Gasteiger partial charge >= 0.3 is 0 Å². The van der Waals surface area contributed by atoms with Gasteiger partial charge in [0, 0.05) is 39.3 Å². The van der Waals surface area contributed by atoms with Crippen molar-refractivity contribution in [2.45, 2.75) is 38.5 Å². The fraction of sp³-hybridized carbons (Fsp3) is 0.300. The van der Waals surface area contributed by atoms with Crippen molar-refractivity contribution in [3.63, 3.8) is 0 Å². The van der Waals surface area contributed by atoms with Crippen LogP contribution in [0.25, 0.3) is 39.0 Å². The van der Waals surface area contributed by atoms with Crippen LogP contribution in [0.5, 0.6) is 0 Å². The summed E-state index contributed by atoms with van der Waals surface area (Å²) < 4.78 is 9.36. The summed E-state index contributed by atoms with van der Waals surface area (Å²) >= 11 is 8.26. The summed E-state index contributed by atoms with van der Waals surface area (Å²) in [4.78, 5) is 3.34. The molecule has 0 amide bonds. The molecule has 0 radical (unpaired) electrons. The Balaban J connectivity index is 1.62. The second-order valence-corrected chi connectivity index (χ2v) is 11.4. The van der Waals surface area contributed by atoms with E-state index in [-0.39, 0.29) is 0 Å². The van der Waals surface area contributed by atoms with Crippen molar-refractivity contribution in [3.05, 3.63) is 33.0 Å². The normalized spacial score (nSPS) is 17.0. The molecule has 0 spiro atoms. The summed E-state index contributed by atoms with van der Waals surface area (Å²) in [7, 11) is 0. The molecule has 0 saturated carbocycles. The van der Waals surface area contributed by atoms with E-state index in [1.165, 1.54) is 58.7 Å². The van der Waals surface area contributed by atoms with Gasteiger partial charge in [-0.05, 0) is 61.8 Å². The molecular weight excluding hydrogens is 368 g/mol. The summed E-state index contributed by atoms with van der Waals surface area (Å²) in [5.41, 5.74) is 3.36. The third-order valence-corrected chi connectivity index (χ3v) is 11.1. The van der Waals surface area contributed by atoms with Gasteiger partial charge < -0.3 is 0 Å². The van der Waals surface area contributed by atoms with Gasteiger partial charge in [-0.2, -0.15) is 0 Å². The van der Waals surface area contributed by atoms with Crippen molar-refractivity contribution in [2.75, 3.05) is 0 Å². The van der Waals surface area contributed by atoms with Gasteiger partial charge in [-0.1, -0.05) is 0 Å². The Morgan fingerprint density at radius 3 is 1.54 bits per heavy atom. The summed E-state index contributed by atoms with van der Waals surface area (Å²) in [6.07, 6.45) is 7.96. The highest BCUT2D eigenvalue weighted by Gasteiger charge is 2.24. The van der Waals surface area contributed by atoms with Gasteiger partial charge in [0.1, 0.15) is 0 Å². The second kappa shape index (κ2) is 4.42. The Morgan fingerprint density at radius 2 is 1.04 bits per heavy atom. The maximum Gasteiger partial charge on any atom is 0.0535 e. The minimum atomic E-state index is 1.30. The molecule has 0 nitrogen and oxygen atoms in total. The van der Waals surface area contributed by atoms with Crippen molar-refractivity contribution in [3.8, 4) is 0 Å². The maximum atomic E-state index is 2.51. The van der Waals surface area contributed by atoms with Gasteiger partial charge in [0.2, 0.25) is 0 Å². The Kier molecular flexibility index (Phi) is 2.45. The maximum absolute atomic E-state index is 2.51. The van der Waals surface area contributed by atoms with Gasteiger partial charge in [0.05, 0.1) is 9.40 Å². The van der Waals surface area contributed by atoms with Crippen LogP contribution in [-0.2, 0) is 25.7 Å². The molecule has 0 saturated heterocycles.